The second kappa shape index (κ2) is 6.17. The van der Waals surface area contributed by atoms with E-state index in [1.54, 1.807) is 0 Å². The number of para-hydroxylation sites is 1. The van der Waals surface area contributed by atoms with E-state index >= 15 is 0 Å². The Hall–Kier alpha value is -1.39. The van der Waals surface area contributed by atoms with E-state index in [1.165, 1.54) is 0 Å². The monoisotopic (exact) mass is 384 g/mol. The quantitative estimate of drug-likeness (QED) is 0.597. The molecule has 0 unspecified atom stereocenters. The van der Waals surface area contributed by atoms with Crippen LogP contribution in [0.1, 0.15) is 12.7 Å². The third-order valence-corrected chi connectivity index (χ3v) is 3.39. The third-order valence-electron chi connectivity index (χ3n) is 2.52. The van der Waals surface area contributed by atoms with Crippen LogP contribution in [0.5, 0.6) is 0 Å². The normalized spacial score (nSPS) is 10.0. The smallest absolute Gasteiger partial charge is 0.235 e. The van der Waals surface area contributed by atoms with Crippen LogP contribution in [-0.4, -0.2) is 16.5 Å². The minimum Gasteiger partial charge on any atom is -0.325 e. The maximum atomic E-state index is 8.94. The van der Waals surface area contributed by atoms with E-state index in [4.69, 9.17) is 16.9 Å². The molecular formula is C13H10ClIN4. The van der Waals surface area contributed by atoms with E-state index in [0.29, 0.717) is 17.4 Å². The summed E-state index contributed by atoms with van der Waals surface area (Å²) < 4.78 is 0.727. The minimum absolute atomic E-state index is 0.160. The lowest BCUT2D eigenvalue weighted by Crippen LogP contribution is -2.18. The van der Waals surface area contributed by atoms with Crippen molar-refractivity contribution in [2.75, 3.05) is 11.4 Å². The number of hydrogen-bond acceptors (Lipinski definition) is 4. The molecule has 0 saturated carbocycles. The standard InChI is InChI=1S/C13H10ClIN4/c1-2-19(10-6-4-3-5-9(10)14)13-7-11(15)17-12(8-16)18-13/h3-7H,2H2,1H3. The highest BCUT2D eigenvalue weighted by Gasteiger charge is 2.13. The Labute approximate surface area is 130 Å². The highest BCUT2D eigenvalue weighted by atomic mass is 127. The van der Waals surface area contributed by atoms with Crippen molar-refractivity contribution in [2.24, 2.45) is 0 Å². The van der Waals surface area contributed by atoms with Gasteiger partial charge in [0.1, 0.15) is 15.6 Å². The van der Waals surface area contributed by atoms with Crippen LogP contribution in [0.25, 0.3) is 0 Å². The average molecular weight is 385 g/mol. The summed E-state index contributed by atoms with van der Waals surface area (Å²) >= 11 is 8.28. The van der Waals surface area contributed by atoms with E-state index < -0.39 is 0 Å². The van der Waals surface area contributed by atoms with Crippen LogP contribution in [-0.2, 0) is 0 Å². The van der Waals surface area contributed by atoms with Crippen LogP contribution in [0.4, 0.5) is 11.5 Å². The number of nitrogens with zero attached hydrogens (tertiary/aromatic N) is 4. The summed E-state index contributed by atoms with van der Waals surface area (Å²) in [6.45, 7) is 2.70. The zero-order valence-electron chi connectivity index (χ0n) is 10.1. The van der Waals surface area contributed by atoms with Gasteiger partial charge < -0.3 is 4.90 Å². The molecular weight excluding hydrogens is 375 g/mol. The van der Waals surface area contributed by atoms with Gasteiger partial charge in [-0.05, 0) is 41.6 Å². The summed E-state index contributed by atoms with van der Waals surface area (Å²) in [6.07, 6.45) is 0. The highest BCUT2D eigenvalue weighted by molar-refractivity contribution is 14.1. The van der Waals surface area contributed by atoms with Gasteiger partial charge in [-0.25, -0.2) is 9.97 Å². The maximum Gasteiger partial charge on any atom is 0.235 e. The fraction of sp³-hybridized carbons (Fsp3) is 0.154. The first-order valence-electron chi connectivity index (χ1n) is 5.62. The summed E-state index contributed by atoms with van der Waals surface area (Å²) in [5, 5.41) is 9.59. The van der Waals surface area contributed by atoms with Crippen molar-refractivity contribution in [1.82, 2.24) is 9.97 Å². The molecule has 0 radical (unpaired) electrons. The number of nitriles is 1. The molecule has 0 aliphatic rings. The lowest BCUT2D eigenvalue weighted by atomic mass is 10.3. The van der Waals surface area contributed by atoms with Gasteiger partial charge in [0.25, 0.3) is 0 Å². The molecule has 0 fully saturated rings. The van der Waals surface area contributed by atoms with Gasteiger partial charge in [0.15, 0.2) is 0 Å². The molecule has 4 nitrogen and oxygen atoms in total. The Balaban J connectivity index is 2.52. The Morgan fingerprint density at radius 3 is 2.74 bits per heavy atom. The molecule has 0 spiro atoms. The number of benzene rings is 1. The highest BCUT2D eigenvalue weighted by Crippen LogP contribution is 2.30. The van der Waals surface area contributed by atoms with E-state index in [2.05, 4.69) is 32.6 Å². The molecule has 0 amide bonds. The van der Waals surface area contributed by atoms with Crippen LogP contribution in [0.3, 0.4) is 0 Å². The summed E-state index contributed by atoms with van der Waals surface area (Å²) in [5.41, 5.74) is 0.866. The van der Waals surface area contributed by atoms with Crippen LogP contribution < -0.4 is 4.90 Å². The molecule has 2 aromatic rings. The summed E-state index contributed by atoms with van der Waals surface area (Å²) in [5.74, 6) is 0.832. The summed E-state index contributed by atoms with van der Waals surface area (Å²) in [4.78, 5) is 10.2. The first kappa shape index (κ1) is 14.0. The first-order valence-corrected chi connectivity index (χ1v) is 7.08. The Kier molecular flexibility index (Phi) is 4.56. The zero-order chi connectivity index (χ0) is 13.8. The van der Waals surface area contributed by atoms with Crippen LogP contribution in [0.15, 0.2) is 30.3 Å². The van der Waals surface area contributed by atoms with Gasteiger partial charge in [-0.2, -0.15) is 5.26 Å². The fourth-order valence-electron chi connectivity index (χ4n) is 1.72. The number of rotatable bonds is 3. The molecule has 2 rings (SSSR count). The topological polar surface area (TPSA) is 52.8 Å². The lowest BCUT2D eigenvalue weighted by molar-refractivity contribution is 0.960. The fourth-order valence-corrected chi connectivity index (χ4v) is 2.47. The second-order valence-electron chi connectivity index (χ2n) is 3.68. The van der Waals surface area contributed by atoms with Crippen LogP contribution in [0.2, 0.25) is 5.02 Å². The molecule has 19 heavy (non-hydrogen) atoms. The van der Waals surface area contributed by atoms with Crippen molar-refractivity contribution in [1.29, 1.82) is 5.26 Å². The number of hydrogen-bond donors (Lipinski definition) is 0. The lowest BCUT2D eigenvalue weighted by Gasteiger charge is -2.23. The van der Waals surface area contributed by atoms with Gasteiger partial charge in [0.2, 0.25) is 5.82 Å². The summed E-state index contributed by atoms with van der Waals surface area (Å²) in [6, 6.07) is 11.3. The van der Waals surface area contributed by atoms with E-state index in [1.807, 2.05) is 48.2 Å². The van der Waals surface area contributed by atoms with Crippen molar-refractivity contribution in [3.05, 3.63) is 44.9 Å². The number of halogens is 2. The van der Waals surface area contributed by atoms with E-state index in [0.717, 1.165) is 9.39 Å². The third kappa shape index (κ3) is 3.14. The van der Waals surface area contributed by atoms with Gasteiger partial charge in [-0.3, -0.25) is 0 Å². The predicted octanol–water partition coefficient (Wildman–Crippen LogP) is 3.76. The Morgan fingerprint density at radius 2 is 2.11 bits per heavy atom. The summed E-state index contributed by atoms with van der Waals surface area (Å²) in [7, 11) is 0. The minimum atomic E-state index is 0.160. The number of aromatic nitrogens is 2. The largest absolute Gasteiger partial charge is 0.325 e. The maximum absolute atomic E-state index is 8.94. The van der Waals surface area contributed by atoms with Gasteiger partial charge in [0, 0.05) is 12.6 Å². The van der Waals surface area contributed by atoms with Crippen molar-refractivity contribution < 1.29 is 0 Å². The molecule has 0 aliphatic heterocycles. The van der Waals surface area contributed by atoms with Crippen molar-refractivity contribution >= 4 is 45.7 Å². The first-order chi connectivity index (χ1) is 9.15. The molecule has 0 bridgehead atoms. The van der Waals surface area contributed by atoms with Gasteiger partial charge in [0.05, 0.1) is 10.7 Å². The second-order valence-corrected chi connectivity index (χ2v) is 5.19. The van der Waals surface area contributed by atoms with Crippen molar-refractivity contribution in [3.8, 4) is 6.07 Å². The molecule has 1 aromatic heterocycles. The molecule has 0 N–H and O–H groups in total. The Bertz CT molecular complexity index is 639. The Morgan fingerprint density at radius 1 is 1.37 bits per heavy atom. The SMILES string of the molecule is CCN(c1cc(I)nc(C#N)n1)c1ccccc1Cl. The van der Waals surface area contributed by atoms with Crippen molar-refractivity contribution in [3.63, 3.8) is 0 Å². The average Bonchev–Trinajstić information content (AvgIpc) is 2.41. The zero-order valence-corrected chi connectivity index (χ0v) is 13.1. The van der Waals surface area contributed by atoms with E-state index in [-0.39, 0.29) is 5.82 Å². The molecule has 6 heteroatoms. The van der Waals surface area contributed by atoms with Gasteiger partial charge in [-0.15, -0.1) is 0 Å². The van der Waals surface area contributed by atoms with Crippen LogP contribution >= 0.6 is 34.2 Å². The van der Waals surface area contributed by atoms with Gasteiger partial charge >= 0.3 is 0 Å². The van der Waals surface area contributed by atoms with Crippen LogP contribution in [0, 0.1) is 15.0 Å². The molecule has 0 aliphatic carbocycles. The molecule has 0 saturated heterocycles. The van der Waals surface area contributed by atoms with E-state index in [9.17, 15) is 0 Å². The predicted molar refractivity (Wildman–Crippen MR) is 83.6 cm³/mol. The number of anilines is 2. The van der Waals surface area contributed by atoms with Gasteiger partial charge in [-0.1, -0.05) is 23.7 Å². The molecule has 1 heterocycles. The molecule has 1 aromatic carbocycles. The molecule has 0 atom stereocenters. The van der Waals surface area contributed by atoms with Crippen molar-refractivity contribution in [2.45, 2.75) is 6.92 Å². The molecule has 96 valence electrons.